The van der Waals surface area contributed by atoms with Crippen LogP contribution < -0.4 is 4.72 Å². The monoisotopic (exact) mass is 357 g/mol. The van der Waals surface area contributed by atoms with Crippen LogP contribution in [0.5, 0.6) is 0 Å². The van der Waals surface area contributed by atoms with Gasteiger partial charge in [-0.05, 0) is 61.0 Å². The van der Waals surface area contributed by atoms with E-state index in [0.717, 1.165) is 10.2 Å². The van der Waals surface area contributed by atoms with Crippen LogP contribution in [-0.4, -0.2) is 23.7 Å². The number of rotatable bonds is 3. The molecule has 0 radical (unpaired) electrons. The molecular formula is C13H16BrN3O2S. The highest BCUT2D eigenvalue weighted by Crippen LogP contribution is 2.17. The predicted molar refractivity (Wildman–Crippen MR) is 81.3 cm³/mol. The van der Waals surface area contributed by atoms with E-state index in [1.165, 1.54) is 0 Å². The van der Waals surface area contributed by atoms with E-state index >= 15 is 0 Å². The number of hydrogen-bond donors (Lipinski definition) is 1. The Morgan fingerprint density at radius 2 is 1.80 bits per heavy atom. The van der Waals surface area contributed by atoms with Crippen LogP contribution in [0, 0.1) is 0 Å². The van der Waals surface area contributed by atoms with Crippen molar-refractivity contribution in [2.24, 2.45) is 0 Å². The molecule has 2 aromatic rings. The maximum absolute atomic E-state index is 12.2. The first-order valence-corrected chi connectivity index (χ1v) is 8.30. The molecule has 2 rings (SSSR count). The standard InChI is InChI=1S/C13H16BrN3O2S/c1-13(2,3)16-20(18,19)12-6-4-11(5-7-12)17-9-10(14)8-15-17/h4-9,16H,1-3H3. The average Bonchev–Trinajstić information content (AvgIpc) is 2.73. The normalized spacial score (nSPS) is 12.6. The van der Waals surface area contributed by atoms with Crippen molar-refractivity contribution in [3.05, 3.63) is 41.1 Å². The van der Waals surface area contributed by atoms with Crippen LogP contribution in [0.4, 0.5) is 0 Å². The van der Waals surface area contributed by atoms with Gasteiger partial charge < -0.3 is 0 Å². The molecule has 1 aromatic heterocycles. The zero-order chi connectivity index (χ0) is 15.0. The molecule has 0 aliphatic heterocycles. The summed E-state index contributed by atoms with van der Waals surface area (Å²) < 4.78 is 29.5. The molecule has 0 amide bonds. The van der Waals surface area contributed by atoms with Crippen molar-refractivity contribution in [2.45, 2.75) is 31.2 Å². The van der Waals surface area contributed by atoms with Gasteiger partial charge in [-0.2, -0.15) is 5.10 Å². The van der Waals surface area contributed by atoms with Gasteiger partial charge in [0.1, 0.15) is 0 Å². The molecule has 0 spiro atoms. The van der Waals surface area contributed by atoms with Crippen LogP contribution in [-0.2, 0) is 10.0 Å². The van der Waals surface area contributed by atoms with E-state index in [1.807, 2.05) is 0 Å². The van der Waals surface area contributed by atoms with Crippen molar-refractivity contribution < 1.29 is 8.42 Å². The zero-order valence-corrected chi connectivity index (χ0v) is 13.9. The van der Waals surface area contributed by atoms with Crippen molar-refractivity contribution in [1.82, 2.24) is 14.5 Å². The lowest BCUT2D eigenvalue weighted by Gasteiger charge is -2.20. The molecular weight excluding hydrogens is 342 g/mol. The average molecular weight is 358 g/mol. The van der Waals surface area contributed by atoms with Crippen LogP contribution in [0.2, 0.25) is 0 Å². The molecule has 1 N–H and O–H groups in total. The number of aromatic nitrogens is 2. The Balaban J connectivity index is 2.29. The van der Waals surface area contributed by atoms with E-state index in [9.17, 15) is 8.42 Å². The number of hydrogen-bond acceptors (Lipinski definition) is 3. The maximum atomic E-state index is 12.2. The second-order valence-electron chi connectivity index (χ2n) is 5.45. The van der Waals surface area contributed by atoms with E-state index < -0.39 is 15.6 Å². The van der Waals surface area contributed by atoms with Gasteiger partial charge in [0.15, 0.2) is 0 Å². The first-order chi connectivity index (χ1) is 9.17. The Morgan fingerprint density at radius 3 is 2.25 bits per heavy atom. The number of benzene rings is 1. The summed E-state index contributed by atoms with van der Waals surface area (Å²) in [5, 5.41) is 4.14. The summed E-state index contributed by atoms with van der Waals surface area (Å²) >= 11 is 3.32. The molecule has 20 heavy (non-hydrogen) atoms. The summed E-state index contributed by atoms with van der Waals surface area (Å²) in [7, 11) is -3.50. The van der Waals surface area contributed by atoms with E-state index in [-0.39, 0.29) is 4.90 Å². The summed E-state index contributed by atoms with van der Waals surface area (Å²) in [5.74, 6) is 0. The third-order valence-electron chi connectivity index (χ3n) is 2.40. The van der Waals surface area contributed by atoms with Gasteiger partial charge in [0.05, 0.1) is 21.3 Å². The fourth-order valence-corrected chi connectivity index (χ4v) is 3.39. The highest BCUT2D eigenvalue weighted by Gasteiger charge is 2.21. The molecule has 0 atom stereocenters. The molecule has 0 aliphatic rings. The van der Waals surface area contributed by atoms with Gasteiger partial charge in [-0.1, -0.05) is 0 Å². The summed E-state index contributed by atoms with van der Waals surface area (Å²) in [6.45, 7) is 5.42. The van der Waals surface area contributed by atoms with Gasteiger partial charge in [-0.25, -0.2) is 17.8 Å². The SMILES string of the molecule is CC(C)(C)NS(=O)(=O)c1ccc(-n2cc(Br)cn2)cc1. The van der Waals surface area contributed by atoms with E-state index in [0.29, 0.717) is 0 Å². The quantitative estimate of drug-likeness (QED) is 0.918. The van der Waals surface area contributed by atoms with Crippen molar-refractivity contribution in [3.8, 4) is 5.69 Å². The molecule has 0 saturated carbocycles. The third kappa shape index (κ3) is 3.68. The Bertz CT molecular complexity index is 700. The van der Waals surface area contributed by atoms with E-state index in [4.69, 9.17) is 0 Å². The Kier molecular flexibility index (Phi) is 4.04. The van der Waals surface area contributed by atoms with Gasteiger partial charge >= 0.3 is 0 Å². The summed E-state index contributed by atoms with van der Waals surface area (Å²) in [6, 6.07) is 6.57. The lowest BCUT2D eigenvalue weighted by molar-refractivity contribution is 0.491. The second kappa shape index (κ2) is 5.31. The smallest absolute Gasteiger partial charge is 0.240 e. The molecule has 0 bridgehead atoms. The minimum absolute atomic E-state index is 0.238. The zero-order valence-electron chi connectivity index (χ0n) is 11.5. The largest absolute Gasteiger partial charge is 0.241 e. The highest BCUT2D eigenvalue weighted by atomic mass is 79.9. The number of nitrogens with one attached hydrogen (secondary N) is 1. The molecule has 7 heteroatoms. The lowest BCUT2D eigenvalue weighted by atomic mass is 10.1. The van der Waals surface area contributed by atoms with E-state index in [1.54, 1.807) is 62.1 Å². The van der Waals surface area contributed by atoms with Gasteiger partial charge in [0.25, 0.3) is 0 Å². The maximum Gasteiger partial charge on any atom is 0.241 e. The Hall–Kier alpha value is -1.18. The van der Waals surface area contributed by atoms with Crippen LogP contribution in [0.1, 0.15) is 20.8 Å². The van der Waals surface area contributed by atoms with Crippen molar-refractivity contribution in [1.29, 1.82) is 0 Å². The molecule has 108 valence electrons. The molecule has 1 aromatic carbocycles. The lowest BCUT2D eigenvalue weighted by Crippen LogP contribution is -2.40. The number of halogens is 1. The van der Waals surface area contributed by atoms with Gasteiger partial charge in [-0.15, -0.1) is 0 Å². The number of nitrogens with zero attached hydrogens (tertiary/aromatic N) is 2. The van der Waals surface area contributed by atoms with Crippen molar-refractivity contribution >= 4 is 26.0 Å². The van der Waals surface area contributed by atoms with E-state index in [2.05, 4.69) is 25.8 Å². The Morgan fingerprint density at radius 1 is 1.20 bits per heavy atom. The van der Waals surface area contributed by atoms with Crippen LogP contribution in [0.3, 0.4) is 0 Å². The minimum atomic E-state index is -3.50. The minimum Gasteiger partial charge on any atom is -0.240 e. The number of sulfonamides is 1. The molecule has 0 unspecified atom stereocenters. The van der Waals surface area contributed by atoms with Gasteiger partial charge in [0.2, 0.25) is 10.0 Å². The van der Waals surface area contributed by atoms with Crippen LogP contribution >= 0.6 is 15.9 Å². The molecule has 0 fully saturated rings. The summed E-state index contributed by atoms with van der Waals surface area (Å²) in [6.07, 6.45) is 3.47. The van der Waals surface area contributed by atoms with Gasteiger partial charge in [0, 0.05) is 11.7 Å². The molecule has 0 aliphatic carbocycles. The molecule has 1 heterocycles. The molecule has 0 saturated heterocycles. The second-order valence-corrected chi connectivity index (χ2v) is 8.05. The van der Waals surface area contributed by atoms with Crippen LogP contribution in [0.25, 0.3) is 5.69 Å². The van der Waals surface area contributed by atoms with Crippen molar-refractivity contribution in [2.75, 3.05) is 0 Å². The Labute approximate surface area is 127 Å². The first kappa shape index (κ1) is 15.2. The third-order valence-corrected chi connectivity index (χ3v) is 4.59. The highest BCUT2D eigenvalue weighted by molar-refractivity contribution is 9.10. The van der Waals surface area contributed by atoms with Gasteiger partial charge in [-0.3, -0.25) is 0 Å². The fourth-order valence-electron chi connectivity index (χ4n) is 1.68. The fraction of sp³-hybridized carbons (Fsp3) is 0.308. The summed E-state index contributed by atoms with van der Waals surface area (Å²) in [5.41, 5.74) is 0.287. The van der Waals surface area contributed by atoms with Crippen molar-refractivity contribution in [3.63, 3.8) is 0 Å². The molecule has 5 nitrogen and oxygen atoms in total. The first-order valence-electron chi connectivity index (χ1n) is 6.02. The topological polar surface area (TPSA) is 64.0 Å². The summed E-state index contributed by atoms with van der Waals surface area (Å²) in [4.78, 5) is 0.238. The van der Waals surface area contributed by atoms with Crippen LogP contribution in [0.15, 0.2) is 46.0 Å². The predicted octanol–water partition coefficient (Wildman–Crippen LogP) is 2.71.